The fourth-order valence-electron chi connectivity index (χ4n) is 4.63. The second kappa shape index (κ2) is 10.7. The number of nitrogens with zero attached hydrogens (tertiary/aromatic N) is 3. The second-order valence-electron chi connectivity index (χ2n) is 8.23. The van der Waals surface area contributed by atoms with Crippen LogP contribution in [0.3, 0.4) is 0 Å². The van der Waals surface area contributed by atoms with Crippen LogP contribution in [0, 0.1) is 5.92 Å². The molecule has 0 aliphatic heterocycles. The summed E-state index contributed by atoms with van der Waals surface area (Å²) in [6.45, 7) is 5.97. The molecule has 6 nitrogen and oxygen atoms in total. The summed E-state index contributed by atoms with van der Waals surface area (Å²) in [4.78, 5) is 33.7. The largest absolute Gasteiger partial charge is 0.385 e. The highest BCUT2D eigenvalue weighted by molar-refractivity contribution is 5.80. The van der Waals surface area contributed by atoms with Crippen LogP contribution in [0.5, 0.6) is 0 Å². The highest BCUT2D eigenvalue weighted by Gasteiger charge is 2.33. The number of carbonyl (C=O) groups is 1. The Bertz CT molecular complexity index is 902. The van der Waals surface area contributed by atoms with Gasteiger partial charge in [0.15, 0.2) is 0 Å². The molecule has 1 fully saturated rings. The number of rotatable bonds is 10. The number of aromatic nitrogens is 2. The van der Waals surface area contributed by atoms with Gasteiger partial charge in [-0.3, -0.25) is 14.2 Å². The summed E-state index contributed by atoms with van der Waals surface area (Å²) in [5, 5.41) is 0.637. The molecule has 164 valence electrons. The summed E-state index contributed by atoms with van der Waals surface area (Å²) in [6, 6.07) is 7.29. The van der Waals surface area contributed by atoms with Crippen molar-refractivity contribution in [2.45, 2.75) is 71.4 Å². The molecule has 0 bridgehead atoms. The number of benzene rings is 1. The minimum Gasteiger partial charge on any atom is -0.385 e. The van der Waals surface area contributed by atoms with Crippen molar-refractivity contribution in [3.8, 4) is 0 Å². The van der Waals surface area contributed by atoms with Crippen molar-refractivity contribution in [2.24, 2.45) is 5.92 Å². The molecule has 1 aromatic heterocycles. The maximum absolute atomic E-state index is 13.5. The van der Waals surface area contributed by atoms with Crippen molar-refractivity contribution in [1.29, 1.82) is 0 Å². The van der Waals surface area contributed by atoms with E-state index in [0.29, 0.717) is 36.4 Å². The number of carbonyl (C=O) groups excluding carboxylic acids is 1. The van der Waals surface area contributed by atoms with E-state index in [4.69, 9.17) is 9.72 Å². The van der Waals surface area contributed by atoms with Crippen LogP contribution in [0.2, 0.25) is 0 Å². The van der Waals surface area contributed by atoms with E-state index in [-0.39, 0.29) is 23.4 Å². The molecule has 1 aromatic carbocycles. The molecular formula is C24H35N3O3. The molecule has 30 heavy (non-hydrogen) atoms. The zero-order chi connectivity index (χ0) is 21.5. The van der Waals surface area contributed by atoms with E-state index in [0.717, 1.165) is 44.9 Å². The first-order chi connectivity index (χ1) is 14.6. The number of hydrogen-bond donors (Lipinski definition) is 0. The van der Waals surface area contributed by atoms with E-state index in [9.17, 15) is 9.59 Å². The van der Waals surface area contributed by atoms with Crippen molar-refractivity contribution < 1.29 is 9.53 Å². The molecule has 1 unspecified atom stereocenters. The number of amides is 1. The van der Waals surface area contributed by atoms with E-state index < -0.39 is 0 Å². The van der Waals surface area contributed by atoms with Crippen molar-refractivity contribution in [1.82, 2.24) is 14.5 Å². The third-order valence-electron chi connectivity index (χ3n) is 6.13. The number of para-hydroxylation sites is 1. The molecule has 1 amide bonds. The lowest BCUT2D eigenvalue weighted by Crippen LogP contribution is -2.42. The predicted octanol–water partition coefficient (Wildman–Crippen LogP) is 4.31. The second-order valence-corrected chi connectivity index (χ2v) is 8.23. The van der Waals surface area contributed by atoms with Crippen LogP contribution in [-0.2, 0) is 16.1 Å². The minimum absolute atomic E-state index is 0.0129. The number of methoxy groups -OCH3 is 1. The SMILES string of the molecule is CCCn1c(C(CC)N(CCCOC)C(=O)C2CCCC2)nc2ccccc2c1=O. The zero-order valence-corrected chi connectivity index (χ0v) is 18.6. The first-order valence-electron chi connectivity index (χ1n) is 11.4. The molecule has 0 saturated heterocycles. The lowest BCUT2D eigenvalue weighted by molar-refractivity contribution is -0.138. The summed E-state index contributed by atoms with van der Waals surface area (Å²) in [6.07, 6.45) is 6.49. The molecule has 1 aliphatic carbocycles. The first kappa shape index (κ1) is 22.5. The van der Waals surface area contributed by atoms with Gasteiger partial charge in [-0.2, -0.15) is 0 Å². The third-order valence-corrected chi connectivity index (χ3v) is 6.13. The third kappa shape index (κ3) is 4.75. The Balaban J connectivity index is 2.07. The van der Waals surface area contributed by atoms with Gasteiger partial charge in [0.2, 0.25) is 5.91 Å². The lowest BCUT2D eigenvalue weighted by Gasteiger charge is -2.34. The quantitative estimate of drug-likeness (QED) is 0.545. The topological polar surface area (TPSA) is 64.4 Å². The van der Waals surface area contributed by atoms with Crippen LogP contribution >= 0.6 is 0 Å². The van der Waals surface area contributed by atoms with Crippen LogP contribution in [0.25, 0.3) is 10.9 Å². The van der Waals surface area contributed by atoms with Crippen molar-refractivity contribution in [2.75, 3.05) is 20.3 Å². The fraction of sp³-hybridized carbons (Fsp3) is 0.625. The molecule has 1 saturated carbocycles. The van der Waals surface area contributed by atoms with Crippen LogP contribution in [-0.4, -0.2) is 40.6 Å². The highest BCUT2D eigenvalue weighted by atomic mass is 16.5. The predicted molar refractivity (Wildman–Crippen MR) is 119 cm³/mol. The molecule has 2 aromatic rings. The molecule has 1 aliphatic rings. The van der Waals surface area contributed by atoms with Gasteiger partial charge in [-0.25, -0.2) is 4.98 Å². The zero-order valence-electron chi connectivity index (χ0n) is 18.6. The monoisotopic (exact) mass is 413 g/mol. The highest BCUT2D eigenvalue weighted by Crippen LogP contribution is 2.31. The Morgan fingerprint density at radius 1 is 1.27 bits per heavy atom. The van der Waals surface area contributed by atoms with Gasteiger partial charge in [0, 0.05) is 32.7 Å². The van der Waals surface area contributed by atoms with E-state index in [1.165, 1.54) is 0 Å². The van der Waals surface area contributed by atoms with E-state index in [2.05, 4.69) is 13.8 Å². The lowest BCUT2D eigenvalue weighted by atomic mass is 10.0. The number of hydrogen-bond acceptors (Lipinski definition) is 4. The van der Waals surface area contributed by atoms with Gasteiger partial charge >= 0.3 is 0 Å². The molecule has 3 rings (SSSR count). The summed E-state index contributed by atoms with van der Waals surface area (Å²) in [5.41, 5.74) is 0.689. The Morgan fingerprint density at radius 3 is 2.67 bits per heavy atom. The van der Waals surface area contributed by atoms with Gasteiger partial charge in [0.25, 0.3) is 5.56 Å². The standard InChI is InChI=1S/C24H35N3O3/c1-4-15-27-22(25-20-14-9-8-13-19(20)24(27)29)21(5-2)26(16-10-17-30-3)23(28)18-11-6-7-12-18/h8-9,13-14,18,21H,4-7,10-12,15-17H2,1-3H3. The van der Waals surface area contributed by atoms with Crippen molar-refractivity contribution in [3.63, 3.8) is 0 Å². The Labute approximate surface area is 179 Å². The summed E-state index contributed by atoms with van der Waals surface area (Å²) < 4.78 is 7.04. The van der Waals surface area contributed by atoms with E-state index in [1.807, 2.05) is 29.2 Å². The Morgan fingerprint density at radius 2 is 2.00 bits per heavy atom. The number of fused-ring (bicyclic) bond motifs is 1. The normalized spacial score (nSPS) is 15.6. The summed E-state index contributed by atoms with van der Waals surface area (Å²) in [5.74, 6) is 1.01. The van der Waals surface area contributed by atoms with Crippen LogP contribution < -0.4 is 5.56 Å². The van der Waals surface area contributed by atoms with Crippen LogP contribution in [0.15, 0.2) is 29.1 Å². The molecule has 6 heteroatoms. The molecule has 0 spiro atoms. The van der Waals surface area contributed by atoms with Gasteiger partial charge in [-0.15, -0.1) is 0 Å². The van der Waals surface area contributed by atoms with Gasteiger partial charge in [-0.1, -0.05) is 38.8 Å². The van der Waals surface area contributed by atoms with Crippen LogP contribution in [0.1, 0.15) is 70.7 Å². The maximum Gasteiger partial charge on any atom is 0.261 e. The molecular weight excluding hydrogens is 378 g/mol. The maximum atomic E-state index is 13.5. The average Bonchev–Trinajstić information content (AvgIpc) is 3.30. The van der Waals surface area contributed by atoms with Gasteiger partial charge in [0.1, 0.15) is 5.82 Å². The minimum atomic E-state index is -0.209. The Kier molecular flexibility index (Phi) is 8.02. The summed E-state index contributed by atoms with van der Waals surface area (Å²) in [7, 11) is 1.68. The number of ether oxygens (including phenoxy) is 1. The van der Waals surface area contributed by atoms with Gasteiger partial charge < -0.3 is 9.64 Å². The van der Waals surface area contributed by atoms with Gasteiger partial charge in [-0.05, 0) is 44.2 Å². The van der Waals surface area contributed by atoms with E-state index >= 15 is 0 Å². The Hall–Kier alpha value is -2.21. The molecule has 0 N–H and O–H groups in total. The molecule has 0 radical (unpaired) electrons. The average molecular weight is 414 g/mol. The van der Waals surface area contributed by atoms with E-state index in [1.54, 1.807) is 11.7 Å². The summed E-state index contributed by atoms with van der Waals surface area (Å²) >= 11 is 0. The van der Waals surface area contributed by atoms with Gasteiger partial charge in [0.05, 0.1) is 16.9 Å². The fourth-order valence-corrected chi connectivity index (χ4v) is 4.63. The molecule has 1 heterocycles. The van der Waals surface area contributed by atoms with Crippen molar-refractivity contribution >= 4 is 16.8 Å². The smallest absolute Gasteiger partial charge is 0.261 e. The molecule has 1 atom stereocenters. The van der Waals surface area contributed by atoms with Crippen molar-refractivity contribution in [3.05, 3.63) is 40.4 Å². The first-order valence-corrected chi connectivity index (χ1v) is 11.4. The van der Waals surface area contributed by atoms with Crippen LogP contribution in [0.4, 0.5) is 0 Å².